The lowest BCUT2D eigenvalue weighted by Crippen LogP contribution is -2.39. The highest BCUT2D eigenvalue weighted by Crippen LogP contribution is 2.36. The summed E-state index contributed by atoms with van der Waals surface area (Å²) in [7, 11) is 3.10. The van der Waals surface area contributed by atoms with Crippen LogP contribution < -0.4 is 5.32 Å². The molecule has 0 saturated heterocycles. The summed E-state index contributed by atoms with van der Waals surface area (Å²) in [5.41, 5.74) is -3.35. The number of hydrogen-bond donors (Lipinski definition) is 1. The molecule has 0 bridgehead atoms. The SMILES string of the molecule is COC(OC)C(C)NCc1ccc(SC(F)(F)F)cc1. The van der Waals surface area contributed by atoms with E-state index in [1.54, 1.807) is 26.4 Å². The maximum absolute atomic E-state index is 12.2. The standard InChI is InChI=1S/C13H18F3NO2S/c1-9(12(18-2)19-3)17-8-10-4-6-11(7-5-10)20-13(14,15)16/h4-7,9,12,17H,8H2,1-3H3. The first-order chi connectivity index (χ1) is 9.35. The van der Waals surface area contributed by atoms with Gasteiger partial charge in [0.1, 0.15) is 0 Å². The Hall–Kier alpha value is -0.760. The first-order valence-corrected chi connectivity index (χ1v) is 6.81. The minimum Gasteiger partial charge on any atom is -0.354 e. The topological polar surface area (TPSA) is 30.5 Å². The summed E-state index contributed by atoms with van der Waals surface area (Å²) >= 11 is -0.114. The molecule has 3 nitrogen and oxygen atoms in total. The van der Waals surface area contributed by atoms with Gasteiger partial charge in [-0.1, -0.05) is 12.1 Å². The van der Waals surface area contributed by atoms with Gasteiger partial charge in [-0.25, -0.2) is 0 Å². The summed E-state index contributed by atoms with van der Waals surface area (Å²) in [6.45, 7) is 2.44. The molecule has 0 aliphatic carbocycles. The van der Waals surface area contributed by atoms with Crippen LogP contribution >= 0.6 is 11.8 Å². The van der Waals surface area contributed by atoms with Crippen LogP contribution in [0.15, 0.2) is 29.2 Å². The monoisotopic (exact) mass is 309 g/mol. The van der Waals surface area contributed by atoms with E-state index in [0.717, 1.165) is 5.56 Å². The molecule has 0 fully saturated rings. The summed E-state index contributed by atoms with van der Waals surface area (Å²) in [4.78, 5) is 0.181. The largest absolute Gasteiger partial charge is 0.446 e. The summed E-state index contributed by atoms with van der Waals surface area (Å²) in [6.07, 6.45) is -0.366. The zero-order valence-electron chi connectivity index (χ0n) is 11.5. The predicted octanol–water partition coefficient (Wildman–Crippen LogP) is 3.40. The van der Waals surface area contributed by atoms with Crippen molar-refractivity contribution in [2.45, 2.75) is 36.2 Å². The third-order valence-corrected chi connectivity index (χ3v) is 3.40. The molecule has 0 heterocycles. The molecule has 0 radical (unpaired) electrons. The zero-order chi connectivity index (χ0) is 15.2. The second kappa shape index (κ2) is 7.87. The fourth-order valence-electron chi connectivity index (χ4n) is 1.69. The molecule has 0 aliphatic rings. The molecule has 20 heavy (non-hydrogen) atoms. The van der Waals surface area contributed by atoms with Crippen molar-refractivity contribution < 1.29 is 22.6 Å². The van der Waals surface area contributed by atoms with Crippen LogP contribution in [0.25, 0.3) is 0 Å². The van der Waals surface area contributed by atoms with Crippen LogP contribution in [0.4, 0.5) is 13.2 Å². The molecule has 1 aromatic carbocycles. The van der Waals surface area contributed by atoms with Crippen LogP contribution in [0.5, 0.6) is 0 Å². The Labute approximate surface area is 120 Å². The van der Waals surface area contributed by atoms with E-state index in [-0.39, 0.29) is 29.0 Å². The Kier molecular flexibility index (Phi) is 6.81. The van der Waals surface area contributed by atoms with Gasteiger partial charge in [0.15, 0.2) is 6.29 Å². The number of benzene rings is 1. The fourth-order valence-corrected chi connectivity index (χ4v) is 2.23. The van der Waals surface area contributed by atoms with Crippen molar-refractivity contribution >= 4 is 11.8 Å². The molecule has 1 N–H and O–H groups in total. The van der Waals surface area contributed by atoms with E-state index < -0.39 is 5.51 Å². The van der Waals surface area contributed by atoms with Crippen molar-refractivity contribution in [2.75, 3.05) is 14.2 Å². The zero-order valence-corrected chi connectivity index (χ0v) is 12.3. The summed E-state index contributed by atoms with van der Waals surface area (Å²) in [5.74, 6) is 0. The van der Waals surface area contributed by atoms with Gasteiger partial charge in [0.05, 0.1) is 6.04 Å². The molecule has 0 spiro atoms. The molecule has 114 valence electrons. The number of methoxy groups -OCH3 is 2. The predicted molar refractivity (Wildman–Crippen MR) is 72.5 cm³/mol. The molecule has 7 heteroatoms. The highest BCUT2D eigenvalue weighted by molar-refractivity contribution is 8.00. The Balaban J connectivity index is 2.49. The van der Waals surface area contributed by atoms with Gasteiger partial charge in [-0.3, -0.25) is 0 Å². The Morgan fingerprint density at radius 1 is 1.15 bits per heavy atom. The number of halogens is 3. The number of rotatable bonds is 7. The van der Waals surface area contributed by atoms with Crippen LogP contribution in [0.3, 0.4) is 0 Å². The minimum atomic E-state index is -4.25. The van der Waals surface area contributed by atoms with Crippen molar-refractivity contribution in [1.29, 1.82) is 0 Å². The van der Waals surface area contributed by atoms with Gasteiger partial charge < -0.3 is 14.8 Å². The highest BCUT2D eigenvalue weighted by atomic mass is 32.2. The average Bonchev–Trinajstić information content (AvgIpc) is 2.37. The van der Waals surface area contributed by atoms with E-state index in [1.165, 1.54) is 12.1 Å². The quantitative estimate of drug-likeness (QED) is 0.618. The minimum absolute atomic E-state index is 0.0331. The first kappa shape index (κ1) is 17.3. The van der Waals surface area contributed by atoms with Crippen molar-refractivity contribution in [3.05, 3.63) is 29.8 Å². The van der Waals surface area contributed by atoms with E-state index in [2.05, 4.69) is 5.32 Å². The lowest BCUT2D eigenvalue weighted by Gasteiger charge is -2.22. The number of thioether (sulfide) groups is 1. The first-order valence-electron chi connectivity index (χ1n) is 5.99. The van der Waals surface area contributed by atoms with Crippen LogP contribution in [-0.4, -0.2) is 32.1 Å². The summed E-state index contributed by atoms with van der Waals surface area (Å²) in [5, 5.41) is 3.19. The molecule has 0 aromatic heterocycles. The normalized spacial score (nSPS) is 13.8. The third-order valence-electron chi connectivity index (χ3n) is 2.66. The molecule has 1 aromatic rings. The van der Waals surface area contributed by atoms with E-state index >= 15 is 0 Å². The molecule has 0 saturated carbocycles. The molecule has 0 aliphatic heterocycles. The number of hydrogen-bond acceptors (Lipinski definition) is 4. The van der Waals surface area contributed by atoms with E-state index in [4.69, 9.17) is 9.47 Å². The van der Waals surface area contributed by atoms with Gasteiger partial charge in [0.25, 0.3) is 0 Å². The second-order valence-electron chi connectivity index (χ2n) is 4.20. The van der Waals surface area contributed by atoms with Gasteiger partial charge in [0.2, 0.25) is 0 Å². The molecule has 1 unspecified atom stereocenters. The van der Waals surface area contributed by atoms with Gasteiger partial charge in [-0.15, -0.1) is 0 Å². The lowest BCUT2D eigenvalue weighted by molar-refractivity contribution is -0.119. The van der Waals surface area contributed by atoms with Crippen LogP contribution in [0, 0.1) is 0 Å². The number of nitrogens with one attached hydrogen (secondary N) is 1. The van der Waals surface area contributed by atoms with Crippen molar-refractivity contribution in [3.63, 3.8) is 0 Å². The maximum Gasteiger partial charge on any atom is 0.446 e. The van der Waals surface area contributed by atoms with E-state index in [1.807, 2.05) is 6.92 Å². The van der Waals surface area contributed by atoms with Gasteiger partial charge in [-0.05, 0) is 36.4 Å². The smallest absolute Gasteiger partial charge is 0.354 e. The van der Waals surface area contributed by atoms with Gasteiger partial charge in [0, 0.05) is 25.7 Å². The van der Waals surface area contributed by atoms with Crippen LogP contribution in [0.1, 0.15) is 12.5 Å². The Morgan fingerprint density at radius 3 is 2.15 bits per heavy atom. The van der Waals surface area contributed by atoms with Crippen LogP contribution in [-0.2, 0) is 16.0 Å². The molecule has 1 rings (SSSR count). The lowest BCUT2D eigenvalue weighted by atomic mass is 10.2. The Morgan fingerprint density at radius 2 is 1.70 bits per heavy atom. The molecular weight excluding hydrogens is 291 g/mol. The molecule has 1 atom stereocenters. The number of ether oxygens (including phenoxy) is 2. The van der Waals surface area contributed by atoms with E-state index in [0.29, 0.717) is 6.54 Å². The highest BCUT2D eigenvalue weighted by Gasteiger charge is 2.28. The average molecular weight is 309 g/mol. The number of alkyl halides is 3. The van der Waals surface area contributed by atoms with Crippen molar-refractivity contribution in [1.82, 2.24) is 5.32 Å². The van der Waals surface area contributed by atoms with Gasteiger partial charge >= 0.3 is 5.51 Å². The fraction of sp³-hybridized carbons (Fsp3) is 0.538. The van der Waals surface area contributed by atoms with E-state index in [9.17, 15) is 13.2 Å². The summed E-state index contributed by atoms with van der Waals surface area (Å²) < 4.78 is 46.8. The summed E-state index contributed by atoms with van der Waals surface area (Å²) in [6, 6.07) is 6.23. The molecular formula is C13H18F3NO2S. The van der Waals surface area contributed by atoms with Crippen molar-refractivity contribution in [2.24, 2.45) is 0 Å². The third kappa shape index (κ3) is 6.13. The second-order valence-corrected chi connectivity index (χ2v) is 5.34. The Bertz CT molecular complexity index is 394. The van der Waals surface area contributed by atoms with Crippen molar-refractivity contribution in [3.8, 4) is 0 Å². The maximum atomic E-state index is 12.2. The van der Waals surface area contributed by atoms with Crippen LogP contribution in [0.2, 0.25) is 0 Å². The van der Waals surface area contributed by atoms with Gasteiger partial charge in [-0.2, -0.15) is 13.2 Å². The molecule has 0 amide bonds.